The Morgan fingerprint density at radius 3 is 2.34 bits per heavy atom. The Morgan fingerprint density at radius 2 is 1.74 bits per heavy atom. The van der Waals surface area contributed by atoms with Gasteiger partial charge in [0, 0.05) is 5.69 Å². The zero-order valence-electron chi connectivity index (χ0n) is 17.6. The van der Waals surface area contributed by atoms with E-state index in [0.717, 1.165) is 19.1 Å². The van der Waals surface area contributed by atoms with Crippen molar-refractivity contribution in [2.24, 2.45) is 5.92 Å². The summed E-state index contributed by atoms with van der Waals surface area (Å²) in [6.45, 7) is -2.32. The summed E-state index contributed by atoms with van der Waals surface area (Å²) in [5.41, 5.74) is -1.52. The maximum atomic E-state index is 14.8. The third-order valence-corrected chi connectivity index (χ3v) is 6.05. The molecule has 0 spiro atoms. The number of hydrogen-bond donors (Lipinski definition) is 3. The van der Waals surface area contributed by atoms with E-state index < -0.39 is 63.7 Å². The number of amides is 3. The van der Waals surface area contributed by atoms with Crippen molar-refractivity contribution in [3.8, 4) is 0 Å². The summed E-state index contributed by atoms with van der Waals surface area (Å²) < 4.78 is 56.3. The van der Waals surface area contributed by atoms with Crippen LogP contribution in [0.1, 0.15) is 23.7 Å². The molecular formula is C21H16Cl3F4N3O4. The smallest absolute Gasteiger partial charge is 0.326 e. The summed E-state index contributed by atoms with van der Waals surface area (Å²) in [5, 5.41) is 6.47. The number of carbonyl (C=O) groups excluding carboxylic acids is 3. The molecule has 1 saturated carbocycles. The molecule has 0 bridgehead atoms. The minimum atomic E-state index is -3.28. The minimum Gasteiger partial charge on any atom is -0.326 e. The van der Waals surface area contributed by atoms with Crippen molar-refractivity contribution >= 4 is 69.6 Å². The van der Waals surface area contributed by atoms with E-state index >= 15 is 0 Å². The molecule has 14 heteroatoms. The number of hydrogen-bond acceptors (Lipinski definition) is 4. The van der Waals surface area contributed by atoms with Gasteiger partial charge in [0.25, 0.3) is 11.8 Å². The second-order valence-corrected chi connectivity index (χ2v) is 9.42. The monoisotopic (exact) mass is 555 g/mol. The topological polar surface area (TPSA) is 96.5 Å². The minimum absolute atomic E-state index is 0.0510. The molecule has 2 aromatic carbocycles. The Bertz CT molecular complexity index is 1180. The van der Waals surface area contributed by atoms with Crippen LogP contribution >= 0.6 is 34.8 Å². The van der Waals surface area contributed by atoms with E-state index in [-0.39, 0.29) is 22.7 Å². The first kappa shape index (κ1) is 27.0. The molecule has 1 aliphatic carbocycles. The molecule has 3 N–H and O–H groups in total. The van der Waals surface area contributed by atoms with Crippen molar-refractivity contribution < 1.29 is 36.7 Å². The Labute approximate surface area is 211 Å². The third-order valence-electron chi connectivity index (χ3n) is 4.88. The van der Waals surface area contributed by atoms with Crippen LogP contribution < -0.4 is 16.0 Å². The molecule has 0 radical (unpaired) electrons. The quantitative estimate of drug-likeness (QED) is 0.293. The number of carbonyl (C=O) groups is 3. The van der Waals surface area contributed by atoms with Gasteiger partial charge in [0.05, 0.1) is 22.2 Å². The van der Waals surface area contributed by atoms with Gasteiger partial charge in [-0.1, -0.05) is 11.6 Å². The van der Waals surface area contributed by atoms with Gasteiger partial charge in [-0.25, -0.2) is 8.78 Å². The van der Waals surface area contributed by atoms with Gasteiger partial charge in [-0.3, -0.25) is 14.4 Å². The van der Waals surface area contributed by atoms with E-state index in [2.05, 4.69) is 15.4 Å². The SMILES string of the molecule is CC(OC(F)F)C(=O)Nc1c(F)ccc(NC(=O)c2cc(NC(=O)C3CC3(Cl)Cl)ccc2Cl)c1F. The van der Waals surface area contributed by atoms with E-state index in [1.165, 1.54) is 18.2 Å². The normalized spacial score (nSPS) is 17.0. The van der Waals surface area contributed by atoms with E-state index in [1.54, 1.807) is 0 Å². The highest BCUT2D eigenvalue weighted by molar-refractivity contribution is 6.52. The van der Waals surface area contributed by atoms with Gasteiger partial charge in [-0.2, -0.15) is 8.78 Å². The molecule has 1 fully saturated rings. The summed E-state index contributed by atoms with van der Waals surface area (Å²) in [7, 11) is 0. The van der Waals surface area contributed by atoms with Gasteiger partial charge < -0.3 is 20.7 Å². The highest BCUT2D eigenvalue weighted by Crippen LogP contribution is 2.53. The lowest BCUT2D eigenvalue weighted by Gasteiger charge is -2.15. The van der Waals surface area contributed by atoms with Crippen LogP contribution in [-0.4, -0.2) is 34.8 Å². The van der Waals surface area contributed by atoms with Crippen LogP contribution in [0.15, 0.2) is 30.3 Å². The van der Waals surface area contributed by atoms with Crippen molar-refractivity contribution in [3.05, 3.63) is 52.6 Å². The van der Waals surface area contributed by atoms with Gasteiger partial charge in [0.2, 0.25) is 5.91 Å². The third kappa shape index (κ3) is 6.54. The maximum Gasteiger partial charge on any atom is 0.346 e. The van der Waals surface area contributed by atoms with Crippen molar-refractivity contribution in [1.82, 2.24) is 0 Å². The second-order valence-electron chi connectivity index (χ2n) is 7.47. The average molecular weight is 557 g/mol. The first-order valence-electron chi connectivity index (χ1n) is 9.82. The molecule has 0 saturated heterocycles. The Hall–Kier alpha value is -2.60. The number of anilines is 3. The molecule has 3 rings (SSSR count). The van der Waals surface area contributed by atoms with Crippen LogP contribution in [0, 0.1) is 17.6 Å². The molecule has 2 atom stereocenters. The first-order valence-corrected chi connectivity index (χ1v) is 11.0. The number of rotatable bonds is 8. The maximum absolute atomic E-state index is 14.8. The van der Waals surface area contributed by atoms with Crippen LogP contribution in [0.3, 0.4) is 0 Å². The van der Waals surface area contributed by atoms with Gasteiger partial charge >= 0.3 is 6.61 Å². The van der Waals surface area contributed by atoms with Crippen LogP contribution in [0.5, 0.6) is 0 Å². The predicted octanol–water partition coefficient (Wildman–Crippen LogP) is 5.57. The second kappa shape index (κ2) is 10.6. The number of ether oxygens (including phenoxy) is 1. The van der Waals surface area contributed by atoms with Gasteiger partial charge in [-0.05, 0) is 43.7 Å². The molecule has 0 aromatic heterocycles. The molecule has 0 aliphatic heterocycles. The largest absolute Gasteiger partial charge is 0.346 e. The van der Waals surface area contributed by atoms with E-state index in [0.29, 0.717) is 0 Å². The lowest BCUT2D eigenvalue weighted by atomic mass is 10.1. The molecular weight excluding hydrogens is 541 g/mol. The number of halogens is 7. The fraction of sp³-hybridized carbons (Fsp3) is 0.286. The fourth-order valence-corrected chi connectivity index (χ4v) is 3.61. The van der Waals surface area contributed by atoms with Crippen LogP contribution in [0.2, 0.25) is 5.02 Å². The van der Waals surface area contributed by atoms with E-state index in [4.69, 9.17) is 34.8 Å². The molecule has 0 heterocycles. The molecule has 3 amide bonds. The molecule has 1 aliphatic rings. The Kier molecular flexibility index (Phi) is 8.15. The predicted molar refractivity (Wildman–Crippen MR) is 122 cm³/mol. The van der Waals surface area contributed by atoms with Crippen molar-refractivity contribution in [3.63, 3.8) is 0 Å². The van der Waals surface area contributed by atoms with Crippen molar-refractivity contribution in [2.75, 3.05) is 16.0 Å². The summed E-state index contributed by atoms with van der Waals surface area (Å²) >= 11 is 17.8. The van der Waals surface area contributed by atoms with Crippen LogP contribution in [0.25, 0.3) is 0 Å². The zero-order valence-corrected chi connectivity index (χ0v) is 19.9. The molecule has 2 aromatic rings. The van der Waals surface area contributed by atoms with Gasteiger partial charge in [0.15, 0.2) is 5.82 Å². The summed E-state index contributed by atoms with van der Waals surface area (Å²) in [6, 6.07) is 5.56. The highest BCUT2D eigenvalue weighted by Gasteiger charge is 2.56. The Balaban J connectivity index is 1.77. The summed E-state index contributed by atoms with van der Waals surface area (Å²) in [4.78, 5) is 36.8. The van der Waals surface area contributed by atoms with Crippen LogP contribution in [-0.2, 0) is 14.3 Å². The summed E-state index contributed by atoms with van der Waals surface area (Å²) in [6.07, 6.45) is -1.46. The summed E-state index contributed by atoms with van der Waals surface area (Å²) in [5.74, 6) is -5.89. The van der Waals surface area contributed by atoms with Crippen LogP contribution in [0.4, 0.5) is 34.6 Å². The van der Waals surface area contributed by atoms with Crippen molar-refractivity contribution in [1.29, 1.82) is 0 Å². The number of benzene rings is 2. The Morgan fingerprint density at radius 1 is 1.09 bits per heavy atom. The molecule has 7 nitrogen and oxygen atoms in total. The zero-order chi connectivity index (χ0) is 26.1. The van der Waals surface area contributed by atoms with Gasteiger partial charge in [-0.15, -0.1) is 23.2 Å². The van der Waals surface area contributed by atoms with E-state index in [9.17, 15) is 31.9 Å². The highest BCUT2D eigenvalue weighted by atomic mass is 35.5. The standard InChI is InChI=1S/C21H16Cl3F4N3O4/c1-8(35-20(27)28)17(32)31-16-13(25)4-5-14(15(16)26)30-18(33)10-6-9(2-3-12(10)22)29-19(34)11-7-21(11,23)24/h2-6,8,11,20H,7H2,1H3,(H,29,34)(H,30,33)(H,31,32). The lowest BCUT2D eigenvalue weighted by Crippen LogP contribution is -2.30. The van der Waals surface area contributed by atoms with Crippen molar-refractivity contribution in [2.45, 2.75) is 30.4 Å². The van der Waals surface area contributed by atoms with E-state index in [1.807, 2.05) is 5.32 Å². The molecule has 35 heavy (non-hydrogen) atoms. The average Bonchev–Trinajstić information content (AvgIpc) is 3.42. The first-order chi connectivity index (χ1) is 16.3. The van der Waals surface area contributed by atoms with Gasteiger partial charge in [0.1, 0.15) is 21.9 Å². The molecule has 2 unspecified atom stereocenters. The lowest BCUT2D eigenvalue weighted by molar-refractivity contribution is -0.168. The fourth-order valence-electron chi connectivity index (χ4n) is 2.90. The molecule has 188 valence electrons. The number of alkyl halides is 4. The number of nitrogens with one attached hydrogen (secondary N) is 3.